The minimum absolute atomic E-state index is 0.0344. The van der Waals surface area contributed by atoms with Gasteiger partial charge >= 0.3 is 0 Å². The third-order valence-corrected chi connectivity index (χ3v) is 4.01. The first-order valence-electron chi connectivity index (χ1n) is 5.96. The highest BCUT2D eigenvalue weighted by Crippen LogP contribution is 2.38. The molecule has 96 valence electrons. The summed E-state index contributed by atoms with van der Waals surface area (Å²) in [5.74, 6) is 1.47. The predicted octanol–water partition coefficient (Wildman–Crippen LogP) is 3.65. The molecule has 0 radical (unpaired) electrons. The van der Waals surface area contributed by atoms with Gasteiger partial charge in [0.05, 0.1) is 7.11 Å². The van der Waals surface area contributed by atoms with Crippen LogP contribution in [0, 0.1) is 0 Å². The van der Waals surface area contributed by atoms with Crippen LogP contribution >= 0.6 is 11.8 Å². The molecule has 0 saturated carbocycles. The van der Waals surface area contributed by atoms with Crippen LogP contribution in [0.2, 0.25) is 0 Å². The monoisotopic (exact) mass is 253 g/mol. The fraction of sp³-hybridized carbons (Fsp3) is 0.571. The minimum Gasteiger partial charge on any atom is -0.496 e. The first kappa shape index (κ1) is 14.4. The largest absolute Gasteiger partial charge is 0.496 e. The van der Waals surface area contributed by atoms with Gasteiger partial charge in [-0.1, -0.05) is 19.9 Å². The van der Waals surface area contributed by atoms with Crippen LogP contribution in [-0.2, 0) is 0 Å². The van der Waals surface area contributed by atoms with E-state index in [0.717, 1.165) is 10.6 Å². The van der Waals surface area contributed by atoms with Crippen LogP contribution in [0.5, 0.6) is 5.75 Å². The van der Waals surface area contributed by atoms with Crippen LogP contribution in [0.25, 0.3) is 0 Å². The maximum Gasteiger partial charge on any atom is 0.132 e. The molecule has 0 saturated heterocycles. The van der Waals surface area contributed by atoms with Crippen LogP contribution in [0.15, 0.2) is 23.1 Å². The SMILES string of the molecule is COc1cc(C(C)C)ccc1SC(C)(C)CN. The van der Waals surface area contributed by atoms with Crippen molar-refractivity contribution in [2.45, 2.75) is 43.3 Å². The average Bonchev–Trinajstić information content (AvgIpc) is 2.29. The van der Waals surface area contributed by atoms with Crippen LogP contribution in [-0.4, -0.2) is 18.4 Å². The van der Waals surface area contributed by atoms with Gasteiger partial charge in [0.1, 0.15) is 5.75 Å². The smallest absolute Gasteiger partial charge is 0.132 e. The lowest BCUT2D eigenvalue weighted by Crippen LogP contribution is -2.26. The molecule has 0 amide bonds. The summed E-state index contributed by atoms with van der Waals surface area (Å²) < 4.78 is 5.50. The Morgan fingerprint density at radius 3 is 2.47 bits per heavy atom. The Morgan fingerprint density at radius 2 is 2.00 bits per heavy atom. The molecule has 3 heteroatoms. The summed E-state index contributed by atoms with van der Waals surface area (Å²) in [5, 5.41) is 0. The van der Waals surface area contributed by atoms with Gasteiger partial charge in [0.25, 0.3) is 0 Å². The van der Waals surface area contributed by atoms with Crippen molar-refractivity contribution >= 4 is 11.8 Å². The Kier molecular flexibility index (Phi) is 4.90. The second-order valence-electron chi connectivity index (χ2n) is 5.13. The molecule has 0 aliphatic carbocycles. The molecule has 0 bridgehead atoms. The Labute approximate surface area is 109 Å². The zero-order chi connectivity index (χ0) is 13.1. The molecule has 0 spiro atoms. The van der Waals surface area contributed by atoms with Gasteiger partial charge in [-0.3, -0.25) is 0 Å². The van der Waals surface area contributed by atoms with E-state index in [1.54, 1.807) is 18.9 Å². The molecule has 0 aromatic heterocycles. The van der Waals surface area contributed by atoms with Crippen molar-refractivity contribution in [1.82, 2.24) is 0 Å². The molecule has 0 fully saturated rings. The van der Waals surface area contributed by atoms with Gasteiger partial charge in [-0.2, -0.15) is 0 Å². The van der Waals surface area contributed by atoms with Crippen molar-refractivity contribution < 1.29 is 4.74 Å². The van der Waals surface area contributed by atoms with E-state index in [2.05, 4.69) is 45.9 Å². The molecule has 1 aromatic rings. The Morgan fingerprint density at radius 1 is 1.35 bits per heavy atom. The van der Waals surface area contributed by atoms with Gasteiger partial charge in [-0.15, -0.1) is 11.8 Å². The van der Waals surface area contributed by atoms with Gasteiger partial charge in [0, 0.05) is 16.2 Å². The fourth-order valence-corrected chi connectivity index (χ4v) is 2.52. The number of methoxy groups -OCH3 is 1. The molecular formula is C14H23NOS. The maximum atomic E-state index is 5.76. The van der Waals surface area contributed by atoms with E-state index < -0.39 is 0 Å². The number of nitrogens with two attached hydrogens (primary N) is 1. The van der Waals surface area contributed by atoms with Crippen molar-refractivity contribution in [1.29, 1.82) is 0 Å². The second-order valence-corrected chi connectivity index (χ2v) is 6.88. The number of rotatable bonds is 5. The van der Waals surface area contributed by atoms with Gasteiger partial charge in [0.15, 0.2) is 0 Å². The van der Waals surface area contributed by atoms with Crippen LogP contribution in [0.3, 0.4) is 0 Å². The molecule has 1 aromatic carbocycles. The predicted molar refractivity (Wildman–Crippen MR) is 76.1 cm³/mol. The highest BCUT2D eigenvalue weighted by Gasteiger charge is 2.19. The number of hydrogen-bond donors (Lipinski definition) is 1. The van der Waals surface area contributed by atoms with Gasteiger partial charge < -0.3 is 10.5 Å². The van der Waals surface area contributed by atoms with Gasteiger partial charge in [-0.25, -0.2) is 0 Å². The lowest BCUT2D eigenvalue weighted by atomic mass is 10.0. The van der Waals surface area contributed by atoms with E-state index in [1.165, 1.54) is 5.56 Å². The van der Waals surface area contributed by atoms with Crippen molar-refractivity contribution in [2.24, 2.45) is 5.73 Å². The van der Waals surface area contributed by atoms with Crippen molar-refractivity contribution in [3.8, 4) is 5.75 Å². The molecule has 0 atom stereocenters. The van der Waals surface area contributed by atoms with Gasteiger partial charge in [0.2, 0.25) is 0 Å². The summed E-state index contributed by atoms with van der Waals surface area (Å²) in [6, 6.07) is 6.43. The molecule has 0 unspecified atom stereocenters. The molecule has 2 nitrogen and oxygen atoms in total. The molecule has 0 aliphatic rings. The molecule has 1 rings (SSSR count). The topological polar surface area (TPSA) is 35.2 Å². The first-order valence-corrected chi connectivity index (χ1v) is 6.78. The number of benzene rings is 1. The van der Waals surface area contributed by atoms with E-state index in [4.69, 9.17) is 10.5 Å². The van der Waals surface area contributed by atoms with Crippen molar-refractivity contribution in [2.75, 3.05) is 13.7 Å². The molecular weight excluding hydrogens is 230 g/mol. The van der Waals surface area contributed by atoms with Gasteiger partial charge in [-0.05, 0) is 37.5 Å². The summed E-state index contributed by atoms with van der Waals surface area (Å²) in [6.45, 7) is 9.31. The summed E-state index contributed by atoms with van der Waals surface area (Å²) in [5.41, 5.74) is 7.06. The number of thioether (sulfide) groups is 1. The summed E-state index contributed by atoms with van der Waals surface area (Å²) in [4.78, 5) is 1.16. The Bertz CT molecular complexity index is 374. The highest BCUT2D eigenvalue weighted by molar-refractivity contribution is 8.00. The van der Waals surface area contributed by atoms with Crippen molar-refractivity contribution in [3.05, 3.63) is 23.8 Å². The summed E-state index contributed by atoms with van der Waals surface area (Å²) in [6.07, 6.45) is 0. The maximum absolute atomic E-state index is 5.76. The summed E-state index contributed by atoms with van der Waals surface area (Å²) in [7, 11) is 1.72. The summed E-state index contributed by atoms with van der Waals surface area (Å²) >= 11 is 1.77. The fourth-order valence-electron chi connectivity index (χ4n) is 1.47. The number of hydrogen-bond acceptors (Lipinski definition) is 3. The molecule has 17 heavy (non-hydrogen) atoms. The molecule has 2 N–H and O–H groups in total. The van der Waals surface area contributed by atoms with E-state index in [0.29, 0.717) is 12.5 Å². The minimum atomic E-state index is 0.0344. The average molecular weight is 253 g/mol. The normalized spacial score (nSPS) is 11.9. The van der Waals surface area contributed by atoms with E-state index in [-0.39, 0.29) is 4.75 Å². The standard InChI is InChI=1S/C14H23NOS/c1-10(2)11-6-7-13(12(8-11)16-5)17-14(3,4)9-15/h6-8,10H,9,15H2,1-5H3. The van der Waals surface area contributed by atoms with Crippen LogP contribution in [0.4, 0.5) is 0 Å². The van der Waals surface area contributed by atoms with Crippen LogP contribution < -0.4 is 10.5 Å². The van der Waals surface area contributed by atoms with Crippen LogP contribution in [0.1, 0.15) is 39.2 Å². The van der Waals surface area contributed by atoms with E-state index >= 15 is 0 Å². The zero-order valence-corrected chi connectivity index (χ0v) is 12.2. The lowest BCUT2D eigenvalue weighted by Gasteiger charge is -2.23. The molecule has 0 aliphatic heterocycles. The lowest BCUT2D eigenvalue weighted by molar-refractivity contribution is 0.403. The highest BCUT2D eigenvalue weighted by atomic mass is 32.2. The second kappa shape index (κ2) is 5.78. The quantitative estimate of drug-likeness (QED) is 0.814. The zero-order valence-electron chi connectivity index (χ0n) is 11.4. The number of ether oxygens (including phenoxy) is 1. The molecule has 0 heterocycles. The third-order valence-electron chi connectivity index (χ3n) is 2.73. The third kappa shape index (κ3) is 3.93. The van der Waals surface area contributed by atoms with E-state index in [1.807, 2.05) is 0 Å². The first-order chi connectivity index (χ1) is 7.89. The van der Waals surface area contributed by atoms with E-state index in [9.17, 15) is 0 Å². The Balaban J connectivity index is 3.01. The Hall–Kier alpha value is -0.670. The van der Waals surface area contributed by atoms with Crippen molar-refractivity contribution in [3.63, 3.8) is 0 Å².